The largest absolute Gasteiger partial charge is 0.0622 e. The molecule has 122 valence electrons. The molecule has 0 N–H and O–H groups in total. The van der Waals surface area contributed by atoms with E-state index in [1.165, 1.54) is 38.9 Å². The summed E-state index contributed by atoms with van der Waals surface area (Å²) in [4.78, 5) is 0. The molecule has 0 heterocycles. The molecule has 3 aromatic rings. The Morgan fingerprint density at radius 3 is 1.38 bits per heavy atom. The lowest BCUT2D eigenvalue weighted by molar-refractivity contribution is 0.690. The average molecular weight is 314 g/mol. The van der Waals surface area contributed by atoms with Crippen molar-refractivity contribution >= 4 is 0 Å². The number of benzene rings is 3. The van der Waals surface area contributed by atoms with E-state index in [1.54, 1.807) is 0 Å². The van der Waals surface area contributed by atoms with Crippen LogP contribution in [0.2, 0.25) is 0 Å². The summed E-state index contributed by atoms with van der Waals surface area (Å²) in [7, 11) is 0. The molecule has 0 spiro atoms. The lowest BCUT2D eigenvalue weighted by Crippen LogP contribution is -2.25. The maximum Gasteiger partial charge on any atom is 0.0423 e. The van der Waals surface area contributed by atoms with E-state index in [4.69, 9.17) is 0 Å². The minimum absolute atomic E-state index is 0.155. The summed E-state index contributed by atoms with van der Waals surface area (Å²) in [5.41, 5.74) is 9.25. The van der Waals surface area contributed by atoms with E-state index in [1.807, 2.05) is 0 Å². The quantitative estimate of drug-likeness (QED) is 0.499. The highest BCUT2D eigenvalue weighted by molar-refractivity contribution is 5.52. The van der Waals surface area contributed by atoms with Gasteiger partial charge in [0.25, 0.3) is 0 Å². The Kier molecular flexibility index (Phi) is 4.32. The van der Waals surface area contributed by atoms with E-state index in [-0.39, 0.29) is 5.41 Å². The molecule has 0 bridgehead atoms. The molecule has 0 aliphatic rings. The molecule has 0 nitrogen and oxygen atoms in total. The van der Waals surface area contributed by atoms with Crippen LogP contribution in [0, 0.1) is 27.7 Å². The molecule has 0 saturated heterocycles. The molecule has 0 unspecified atom stereocenters. The minimum atomic E-state index is -0.155. The van der Waals surface area contributed by atoms with Crippen LogP contribution in [0.15, 0.2) is 66.7 Å². The molecular formula is C24H26. The Bertz CT molecular complexity index is 805. The predicted octanol–water partition coefficient (Wildman–Crippen LogP) is 6.27. The van der Waals surface area contributed by atoms with Gasteiger partial charge in [-0.05, 0) is 73.6 Å². The van der Waals surface area contributed by atoms with E-state index in [0.29, 0.717) is 0 Å². The predicted molar refractivity (Wildman–Crippen MR) is 104 cm³/mol. The van der Waals surface area contributed by atoms with E-state index in [9.17, 15) is 0 Å². The molecule has 0 aliphatic heterocycles. The van der Waals surface area contributed by atoms with Crippen molar-refractivity contribution in [1.82, 2.24) is 0 Å². The molecule has 3 aromatic carbocycles. The highest BCUT2D eigenvalue weighted by atomic mass is 14.3. The van der Waals surface area contributed by atoms with Gasteiger partial charge in [-0.1, -0.05) is 66.7 Å². The van der Waals surface area contributed by atoms with E-state index >= 15 is 0 Å². The second-order valence-electron chi connectivity index (χ2n) is 7.09. The standard InChI is InChI=1S/C24H26/c1-17-11-13-22(15-19(17)3)24(5,21-9-7-6-8-10-21)23-14-12-18(2)20(4)16-23/h6-16H,1-5H3. The van der Waals surface area contributed by atoms with Gasteiger partial charge in [0, 0.05) is 5.41 Å². The zero-order valence-electron chi connectivity index (χ0n) is 15.4. The zero-order valence-corrected chi connectivity index (χ0v) is 15.4. The number of hydrogen-bond donors (Lipinski definition) is 0. The lowest BCUT2D eigenvalue weighted by atomic mass is 9.70. The number of aryl methyl sites for hydroxylation is 4. The van der Waals surface area contributed by atoms with Gasteiger partial charge < -0.3 is 0 Å². The molecule has 0 amide bonds. The molecular weight excluding hydrogens is 288 g/mol. The first-order chi connectivity index (χ1) is 11.4. The summed E-state index contributed by atoms with van der Waals surface area (Å²) in [6.45, 7) is 11.1. The van der Waals surface area contributed by atoms with Gasteiger partial charge in [0.1, 0.15) is 0 Å². The van der Waals surface area contributed by atoms with Gasteiger partial charge in [0.05, 0.1) is 0 Å². The van der Waals surface area contributed by atoms with Crippen molar-refractivity contribution in [3.05, 3.63) is 106 Å². The molecule has 0 aromatic heterocycles. The molecule has 0 radical (unpaired) electrons. The van der Waals surface area contributed by atoms with E-state index in [0.717, 1.165) is 0 Å². The molecule has 0 saturated carbocycles. The van der Waals surface area contributed by atoms with Crippen LogP contribution in [0.5, 0.6) is 0 Å². The van der Waals surface area contributed by atoms with Crippen LogP contribution < -0.4 is 0 Å². The van der Waals surface area contributed by atoms with Gasteiger partial charge in [-0.15, -0.1) is 0 Å². The van der Waals surface area contributed by atoms with Crippen LogP contribution in [0.1, 0.15) is 45.9 Å². The third-order valence-corrected chi connectivity index (χ3v) is 5.52. The van der Waals surface area contributed by atoms with Gasteiger partial charge in [-0.2, -0.15) is 0 Å². The van der Waals surface area contributed by atoms with Crippen LogP contribution in [0.25, 0.3) is 0 Å². The minimum Gasteiger partial charge on any atom is -0.0622 e. The van der Waals surface area contributed by atoms with Crippen molar-refractivity contribution in [3.63, 3.8) is 0 Å². The first-order valence-corrected chi connectivity index (χ1v) is 8.64. The highest BCUT2D eigenvalue weighted by Crippen LogP contribution is 2.39. The summed E-state index contributed by atoms with van der Waals surface area (Å²) < 4.78 is 0. The summed E-state index contributed by atoms with van der Waals surface area (Å²) in [6.07, 6.45) is 0. The Balaban J connectivity index is 2.28. The van der Waals surface area contributed by atoms with Crippen molar-refractivity contribution in [3.8, 4) is 0 Å². The van der Waals surface area contributed by atoms with Crippen molar-refractivity contribution in [2.45, 2.75) is 40.0 Å². The smallest absolute Gasteiger partial charge is 0.0423 e. The summed E-state index contributed by atoms with van der Waals surface area (Å²) in [6, 6.07) is 24.6. The van der Waals surface area contributed by atoms with Crippen molar-refractivity contribution < 1.29 is 0 Å². The van der Waals surface area contributed by atoms with Crippen molar-refractivity contribution in [2.75, 3.05) is 0 Å². The zero-order chi connectivity index (χ0) is 17.3. The van der Waals surface area contributed by atoms with Gasteiger partial charge in [-0.25, -0.2) is 0 Å². The second-order valence-corrected chi connectivity index (χ2v) is 7.09. The number of rotatable bonds is 3. The Morgan fingerprint density at radius 2 is 0.958 bits per heavy atom. The normalized spacial score (nSPS) is 11.5. The summed E-state index contributed by atoms with van der Waals surface area (Å²) >= 11 is 0. The van der Waals surface area contributed by atoms with Gasteiger partial charge >= 0.3 is 0 Å². The highest BCUT2D eigenvalue weighted by Gasteiger charge is 2.31. The fourth-order valence-corrected chi connectivity index (χ4v) is 3.38. The molecule has 0 atom stereocenters. The first kappa shape index (κ1) is 16.5. The van der Waals surface area contributed by atoms with E-state index in [2.05, 4.69) is 101 Å². The topological polar surface area (TPSA) is 0 Å². The maximum atomic E-state index is 2.34. The SMILES string of the molecule is Cc1ccc(C(C)(c2ccccc2)c2ccc(C)c(C)c2)cc1C. The van der Waals surface area contributed by atoms with Crippen LogP contribution in [-0.2, 0) is 5.41 Å². The fourth-order valence-electron chi connectivity index (χ4n) is 3.38. The monoisotopic (exact) mass is 314 g/mol. The number of hydrogen-bond acceptors (Lipinski definition) is 0. The van der Waals surface area contributed by atoms with Crippen LogP contribution in [0.4, 0.5) is 0 Å². The third kappa shape index (κ3) is 2.78. The molecule has 24 heavy (non-hydrogen) atoms. The van der Waals surface area contributed by atoms with Gasteiger partial charge in [0.15, 0.2) is 0 Å². The van der Waals surface area contributed by atoms with Gasteiger partial charge in [0.2, 0.25) is 0 Å². The Morgan fingerprint density at radius 1 is 0.500 bits per heavy atom. The van der Waals surface area contributed by atoms with Gasteiger partial charge in [-0.3, -0.25) is 0 Å². The van der Waals surface area contributed by atoms with Crippen molar-refractivity contribution in [2.24, 2.45) is 0 Å². The molecule has 0 fully saturated rings. The lowest BCUT2D eigenvalue weighted by Gasteiger charge is -2.33. The third-order valence-electron chi connectivity index (χ3n) is 5.52. The second kappa shape index (κ2) is 6.28. The van der Waals surface area contributed by atoms with Crippen LogP contribution in [0.3, 0.4) is 0 Å². The van der Waals surface area contributed by atoms with Crippen molar-refractivity contribution in [1.29, 1.82) is 0 Å². The maximum absolute atomic E-state index is 2.34. The van der Waals surface area contributed by atoms with Crippen LogP contribution >= 0.6 is 0 Å². The fraction of sp³-hybridized carbons (Fsp3) is 0.250. The Hall–Kier alpha value is -2.34. The summed E-state index contributed by atoms with van der Waals surface area (Å²) in [5, 5.41) is 0. The molecule has 3 rings (SSSR count). The Labute approximate surface area is 146 Å². The van der Waals surface area contributed by atoms with E-state index < -0.39 is 0 Å². The van der Waals surface area contributed by atoms with Crippen LogP contribution in [-0.4, -0.2) is 0 Å². The summed E-state index contributed by atoms with van der Waals surface area (Å²) in [5.74, 6) is 0. The molecule has 0 heteroatoms. The first-order valence-electron chi connectivity index (χ1n) is 8.64. The average Bonchev–Trinajstić information content (AvgIpc) is 2.60. The molecule has 0 aliphatic carbocycles.